The smallest absolute Gasteiger partial charge is 0.174 e. The molecule has 142 valence electrons. The van der Waals surface area contributed by atoms with Crippen LogP contribution in [0.4, 0.5) is 5.82 Å². The van der Waals surface area contributed by atoms with E-state index in [2.05, 4.69) is 16.0 Å². The van der Waals surface area contributed by atoms with Crippen LogP contribution in [0.3, 0.4) is 0 Å². The van der Waals surface area contributed by atoms with E-state index in [1.165, 1.54) is 0 Å². The van der Waals surface area contributed by atoms with E-state index >= 15 is 0 Å². The minimum Gasteiger partial charge on any atom is -0.383 e. The lowest BCUT2D eigenvalue weighted by molar-refractivity contribution is 0.102. The van der Waals surface area contributed by atoms with Gasteiger partial charge < -0.3 is 5.73 Å². The largest absolute Gasteiger partial charge is 0.383 e. The third-order valence-corrected chi connectivity index (χ3v) is 5.32. The number of nitrogens with zero attached hydrogens (tertiary/aromatic N) is 4. The standard InChI is InChI=1S/C22H17N5OS/c1-13-8-9-16(14(2)26-13)19(28)12-29-22-18(11-24)20(15-6-4-3-5-7-15)17(10-23)21(25)27-22/h3-9H,12H2,1-2H3,(H2,25,27). The molecule has 0 bridgehead atoms. The Morgan fingerprint density at radius 1 is 1.03 bits per heavy atom. The number of aryl methyl sites for hydroxylation is 2. The highest BCUT2D eigenvalue weighted by molar-refractivity contribution is 8.00. The van der Waals surface area contributed by atoms with Crippen molar-refractivity contribution >= 4 is 23.4 Å². The Kier molecular flexibility index (Phi) is 5.92. The number of carbonyl (C=O) groups excluding carboxylic acids is 1. The van der Waals surface area contributed by atoms with Gasteiger partial charge >= 0.3 is 0 Å². The van der Waals surface area contributed by atoms with E-state index in [1.54, 1.807) is 31.2 Å². The fourth-order valence-corrected chi connectivity index (χ4v) is 3.87. The Bertz CT molecular complexity index is 1180. The molecule has 3 rings (SSSR count). The van der Waals surface area contributed by atoms with Gasteiger partial charge in [0.1, 0.15) is 28.5 Å². The number of pyridine rings is 2. The number of nitrogens with two attached hydrogens (primary N) is 1. The Hall–Kier alpha value is -3.68. The van der Waals surface area contributed by atoms with E-state index in [0.717, 1.165) is 17.5 Å². The first-order valence-corrected chi connectivity index (χ1v) is 9.74. The molecule has 0 aliphatic rings. The predicted octanol–water partition coefficient (Wildman–Crippen LogP) is 4.06. The number of rotatable bonds is 5. The van der Waals surface area contributed by atoms with Crippen molar-refractivity contribution < 1.29 is 4.79 Å². The van der Waals surface area contributed by atoms with Crippen molar-refractivity contribution in [3.05, 3.63) is 70.5 Å². The quantitative estimate of drug-likeness (QED) is 0.508. The predicted molar refractivity (Wildman–Crippen MR) is 112 cm³/mol. The molecule has 2 heterocycles. The van der Waals surface area contributed by atoms with Gasteiger partial charge in [-0.05, 0) is 31.5 Å². The average Bonchev–Trinajstić information content (AvgIpc) is 2.72. The molecule has 3 aromatic rings. The third kappa shape index (κ3) is 4.11. The highest BCUT2D eigenvalue weighted by Crippen LogP contribution is 2.35. The van der Waals surface area contributed by atoms with Crippen LogP contribution in [0.25, 0.3) is 11.1 Å². The normalized spacial score (nSPS) is 10.2. The first-order valence-electron chi connectivity index (χ1n) is 8.75. The minimum absolute atomic E-state index is 0.0356. The molecule has 2 N–H and O–H groups in total. The summed E-state index contributed by atoms with van der Waals surface area (Å²) in [5.74, 6) is -0.00399. The van der Waals surface area contributed by atoms with Crippen LogP contribution in [0.5, 0.6) is 0 Å². The molecular formula is C22H17N5OS. The first kappa shape index (κ1) is 20.1. The Balaban J connectivity index is 2.00. The van der Waals surface area contributed by atoms with Gasteiger partial charge in [0, 0.05) is 22.5 Å². The van der Waals surface area contributed by atoms with Gasteiger partial charge in [0.2, 0.25) is 0 Å². The first-order chi connectivity index (χ1) is 14.0. The highest BCUT2D eigenvalue weighted by Gasteiger charge is 2.21. The second-order valence-electron chi connectivity index (χ2n) is 6.31. The number of anilines is 1. The van der Waals surface area contributed by atoms with Crippen LogP contribution in [0.1, 0.15) is 32.9 Å². The molecule has 0 fully saturated rings. The summed E-state index contributed by atoms with van der Waals surface area (Å²) in [4.78, 5) is 21.2. The summed E-state index contributed by atoms with van der Waals surface area (Å²) >= 11 is 1.13. The van der Waals surface area contributed by atoms with E-state index in [0.29, 0.717) is 27.4 Å². The highest BCUT2D eigenvalue weighted by atomic mass is 32.2. The van der Waals surface area contributed by atoms with Crippen molar-refractivity contribution in [2.75, 3.05) is 11.5 Å². The topological polar surface area (TPSA) is 116 Å². The van der Waals surface area contributed by atoms with Crippen molar-refractivity contribution in [2.24, 2.45) is 0 Å². The Labute approximate surface area is 173 Å². The van der Waals surface area contributed by atoms with E-state index in [-0.39, 0.29) is 28.5 Å². The van der Waals surface area contributed by atoms with Gasteiger partial charge in [0.05, 0.1) is 11.3 Å². The fourth-order valence-electron chi connectivity index (χ4n) is 2.99. The monoisotopic (exact) mass is 399 g/mol. The van der Waals surface area contributed by atoms with Crippen molar-refractivity contribution in [1.29, 1.82) is 10.5 Å². The van der Waals surface area contributed by atoms with E-state index in [1.807, 2.05) is 31.2 Å². The zero-order chi connectivity index (χ0) is 21.0. The van der Waals surface area contributed by atoms with Crippen LogP contribution in [0.15, 0.2) is 47.5 Å². The average molecular weight is 399 g/mol. The van der Waals surface area contributed by atoms with Crippen molar-refractivity contribution in [3.8, 4) is 23.3 Å². The van der Waals surface area contributed by atoms with Crippen molar-refractivity contribution in [1.82, 2.24) is 9.97 Å². The van der Waals surface area contributed by atoms with E-state index in [4.69, 9.17) is 5.73 Å². The number of Topliss-reactive ketones (excluding diaryl/α,β-unsaturated/α-hetero) is 1. The van der Waals surface area contributed by atoms with Crippen LogP contribution < -0.4 is 5.73 Å². The molecule has 29 heavy (non-hydrogen) atoms. The van der Waals surface area contributed by atoms with E-state index in [9.17, 15) is 15.3 Å². The number of ketones is 1. The van der Waals surface area contributed by atoms with Crippen molar-refractivity contribution in [2.45, 2.75) is 18.9 Å². The van der Waals surface area contributed by atoms with E-state index < -0.39 is 0 Å². The summed E-state index contributed by atoms with van der Waals surface area (Å²) in [6.07, 6.45) is 0. The number of hydrogen-bond acceptors (Lipinski definition) is 7. The lowest BCUT2D eigenvalue weighted by Gasteiger charge is -2.13. The van der Waals surface area contributed by atoms with Gasteiger partial charge in [-0.1, -0.05) is 42.1 Å². The molecular weight excluding hydrogens is 382 g/mol. The molecule has 0 atom stereocenters. The number of nitrogen functional groups attached to an aromatic ring is 1. The Morgan fingerprint density at radius 3 is 2.34 bits per heavy atom. The van der Waals surface area contributed by atoms with Crippen LogP contribution in [-0.2, 0) is 0 Å². The molecule has 0 unspecified atom stereocenters. The van der Waals surface area contributed by atoms with Gasteiger partial charge in [-0.15, -0.1) is 0 Å². The summed E-state index contributed by atoms with van der Waals surface area (Å²) < 4.78 is 0. The molecule has 6 nitrogen and oxygen atoms in total. The molecule has 0 aliphatic carbocycles. The van der Waals surface area contributed by atoms with Crippen LogP contribution >= 0.6 is 11.8 Å². The molecule has 1 aromatic carbocycles. The summed E-state index contributed by atoms with van der Waals surface area (Å²) in [5, 5.41) is 19.7. The van der Waals surface area contributed by atoms with Crippen LogP contribution in [-0.4, -0.2) is 21.5 Å². The van der Waals surface area contributed by atoms with Crippen molar-refractivity contribution in [3.63, 3.8) is 0 Å². The number of carbonyl (C=O) groups is 1. The zero-order valence-corrected chi connectivity index (χ0v) is 16.7. The zero-order valence-electron chi connectivity index (χ0n) is 15.9. The second-order valence-corrected chi connectivity index (χ2v) is 7.28. The Morgan fingerprint density at radius 2 is 1.72 bits per heavy atom. The summed E-state index contributed by atoms with van der Waals surface area (Å²) in [6.45, 7) is 3.65. The second kappa shape index (κ2) is 8.55. The third-order valence-electron chi connectivity index (χ3n) is 4.34. The van der Waals surface area contributed by atoms with Gasteiger partial charge in [-0.3, -0.25) is 9.78 Å². The summed E-state index contributed by atoms with van der Waals surface area (Å²) in [7, 11) is 0. The molecule has 0 saturated heterocycles. The molecule has 7 heteroatoms. The fraction of sp³-hybridized carbons (Fsp3) is 0.136. The minimum atomic E-state index is -0.116. The summed E-state index contributed by atoms with van der Waals surface area (Å²) in [5.41, 5.74) is 9.56. The lowest BCUT2D eigenvalue weighted by Crippen LogP contribution is -2.08. The number of benzene rings is 1. The maximum absolute atomic E-state index is 12.7. The lowest BCUT2D eigenvalue weighted by atomic mass is 9.97. The number of aromatic nitrogens is 2. The van der Waals surface area contributed by atoms with Gasteiger partial charge in [0.15, 0.2) is 5.78 Å². The van der Waals surface area contributed by atoms with Gasteiger partial charge in [-0.25, -0.2) is 4.98 Å². The molecule has 0 spiro atoms. The maximum Gasteiger partial charge on any atom is 0.174 e. The maximum atomic E-state index is 12.7. The number of nitriles is 2. The number of thioether (sulfide) groups is 1. The molecule has 0 saturated carbocycles. The molecule has 2 aromatic heterocycles. The molecule has 0 amide bonds. The number of hydrogen-bond donors (Lipinski definition) is 1. The van der Waals surface area contributed by atoms with Crippen LogP contribution in [0, 0.1) is 36.5 Å². The molecule has 0 radical (unpaired) electrons. The van der Waals surface area contributed by atoms with Gasteiger partial charge in [0.25, 0.3) is 0 Å². The molecule has 0 aliphatic heterocycles. The SMILES string of the molecule is Cc1ccc(C(=O)CSc2nc(N)c(C#N)c(-c3ccccc3)c2C#N)c(C)n1. The van der Waals surface area contributed by atoms with Crippen LogP contribution in [0.2, 0.25) is 0 Å². The summed E-state index contributed by atoms with van der Waals surface area (Å²) in [6, 6.07) is 16.8. The van der Waals surface area contributed by atoms with Gasteiger partial charge in [-0.2, -0.15) is 10.5 Å².